The summed E-state index contributed by atoms with van der Waals surface area (Å²) in [6.45, 7) is 9.37. The Morgan fingerprint density at radius 2 is 1.80 bits per heavy atom. The predicted molar refractivity (Wildman–Crippen MR) is 156 cm³/mol. The maximum atomic E-state index is 14.2. The topological polar surface area (TPSA) is 102 Å². The van der Waals surface area contributed by atoms with Crippen LogP contribution in [-0.2, 0) is 34.5 Å². The summed E-state index contributed by atoms with van der Waals surface area (Å²) in [5, 5.41) is 0. The van der Waals surface area contributed by atoms with Crippen LogP contribution in [0.3, 0.4) is 0 Å². The van der Waals surface area contributed by atoms with E-state index in [1.807, 2.05) is 44.2 Å². The Balaban J connectivity index is 1.68. The van der Waals surface area contributed by atoms with E-state index in [2.05, 4.69) is 0 Å². The quantitative estimate of drug-likeness (QED) is 0.348. The van der Waals surface area contributed by atoms with Gasteiger partial charge < -0.3 is 9.47 Å². The Morgan fingerprint density at radius 1 is 1.12 bits per heavy atom. The lowest BCUT2D eigenvalue weighted by Crippen LogP contribution is -2.65. The molecule has 2 aromatic carbocycles. The summed E-state index contributed by atoms with van der Waals surface area (Å²) in [6.07, 6.45) is 2.60. The van der Waals surface area contributed by atoms with Crippen LogP contribution in [0.25, 0.3) is 0 Å². The summed E-state index contributed by atoms with van der Waals surface area (Å²) < 4.78 is 41.1. The molecule has 9 heteroatoms. The third-order valence-corrected chi connectivity index (χ3v) is 10.6. The van der Waals surface area contributed by atoms with Gasteiger partial charge in [0.15, 0.2) is 0 Å². The minimum absolute atomic E-state index is 0.0479. The van der Waals surface area contributed by atoms with Crippen molar-refractivity contribution in [1.29, 1.82) is 0 Å². The minimum atomic E-state index is -3.91. The van der Waals surface area contributed by atoms with Gasteiger partial charge in [-0.05, 0) is 77.1 Å². The highest BCUT2D eigenvalue weighted by molar-refractivity contribution is 7.89. The molecule has 218 valence electrons. The number of aliphatic imine (C=N–C) groups is 1. The number of rotatable bonds is 6. The number of aryl methyl sites for hydroxylation is 1. The number of hydrogen-bond donors (Lipinski definition) is 0. The molecule has 2 aliphatic heterocycles. The molecule has 2 aromatic rings. The molecule has 3 aliphatic rings. The van der Waals surface area contributed by atoms with Crippen molar-refractivity contribution in [2.45, 2.75) is 63.8 Å². The van der Waals surface area contributed by atoms with Crippen molar-refractivity contribution in [2.75, 3.05) is 20.3 Å². The number of ether oxygens (including phenoxy) is 2. The Kier molecular flexibility index (Phi) is 7.49. The van der Waals surface area contributed by atoms with Gasteiger partial charge in [0.2, 0.25) is 10.0 Å². The van der Waals surface area contributed by atoms with Crippen LogP contribution < -0.4 is 0 Å². The summed E-state index contributed by atoms with van der Waals surface area (Å²) in [5.74, 6) is -1.66. The fourth-order valence-corrected chi connectivity index (χ4v) is 8.30. The second-order valence-corrected chi connectivity index (χ2v) is 14.1. The summed E-state index contributed by atoms with van der Waals surface area (Å²) in [5.41, 5.74) is 2.27. The van der Waals surface area contributed by atoms with Gasteiger partial charge in [-0.25, -0.2) is 8.42 Å². The maximum absolute atomic E-state index is 14.2. The second-order valence-electron chi connectivity index (χ2n) is 12.2. The maximum Gasteiger partial charge on any atom is 0.311 e. The standard InChI is InChI=1S/C32H38N2O6S/c1-7-21-19-34(41(37,38)22-14-12-20(2)13-15-22)26-18-23(21)27(29(35)39-6)32(16-17-40-30(36)31(3,4)5)24-10-8-9-11-25(24)33-28(26)32/h7-15,23,26-27H,16-19H2,1-6H3/b21-7-/t23-,26-,27-,32-/m0/s1. The average molecular weight is 579 g/mol. The predicted octanol–water partition coefficient (Wildman–Crippen LogP) is 5.13. The summed E-state index contributed by atoms with van der Waals surface area (Å²) >= 11 is 0. The van der Waals surface area contributed by atoms with Gasteiger partial charge in [0.05, 0.1) is 47.1 Å². The SMILES string of the molecule is C/C=C1/CN(S(=O)(=O)c2ccc(C)cc2)[C@H]2C[C@@H]1[C@@H](C(=O)OC)[C@@]1(CCOC(=O)C(C)(C)C)C2=Nc2ccccc21. The van der Waals surface area contributed by atoms with Crippen molar-refractivity contribution in [2.24, 2.45) is 22.2 Å². The zero-order chi connectivity index (χ0) is 29.7. The number of methoxy groups -OCH3 is 1. The third kappa shape index (κ3) is 4.73. The highest BCUT2D eigenvalue weighted by Gasteiger charge is 2.64. The van der Waals surface area contributed by atoms with Gasteiger partial charge in [-0.1, -0.05) is 47.5 Å². The van der Waals surface area contributed by atoms with Crippen molar-refractivity contribution in [3.05, 3.63) is 71.3 Å². The first-order valence-electron chi connectivity index (χ1n) is 14.0. The third-order valence-electron chi connectivity index (χ3n) is 8.77. The number of para-hydroxylation sites is 1. The van der Waals surface area contributed by atoms with E-state index in [0.717, 1.165) is 16.7 Å². The lowest BCUT2D eigenvalue weighted by molar-refractivity contribution is -0.154. The van der Waals surface area contributed by atoms with E-state index < -0.39 is 32.8 Å². The molecule has 8 nitrogen and oxygen atoms in total. The molecule has 0 unspecified atom stereocenters. The molecule has 2 fully saturated rings. The molecule has 0 spiro atoms. The number of esters is 2. The van der Waals surface area contributed by atoms with Crippen molar-refractivity contribution in [3.8, 4) is 0 Å². The van der Waals surface area contributed by atoms with Gasteiger partial charge in [-0.15, -0.1) is 0 Å². The van der Waals surface area contributed by atoms with Gasteiger partial charge in [0, 0.05) is 12.3 Å². The van der Waals surface area contributed by atoms with Crippen LogP contribution in [-0.4, -0.2) is 56.7 Å². The lowest BCUT2D eigenvalue weighted by Gasteiger charge is -2.54. The molecule has 2 bridgehead atoms. The summed E-state index contributed by atoms with van der Waals surface area (Å²) in [6, 6.07) is 13.9. The van der Waals surface area contributed by atoms with E-state index in [1.165, 1.54) is 11.4 Å². The molecular weight excluding hydrogens is 540 g/mol. The van der Waals surface area contributed by atoms with Crippen molar-refractivity contribution in [1.82, 2.24) is 4.31 Å². The van der Waals surface area contributed by atoms with Crippen LogP contribution in [0.5, 0.6) is 0 Å². The molecule has 4 atom stereocenters. The molecular formula is C32H38N2O6S. The first kappa shape index (κ1) is 29.2. The normalized spacial score (nSPS) is 26.6. The number of piperidine rings is 1. The van der Waals surface area contributed by atoms with E-state index in [9.17, 15) is 18.0 Å². The molecule has 0 N–H and O–H groups in total. The molecule has 1 saturated carbocycles. The van der Waals surface area contributed by atoms with Gasteiger partial charge in [-0.3, -0.25) is 14.6 Å². The highest BCUT2D eigenvalue weighted by atomic mass is 32.2. The molecule has 1 saturated heterocycles. The first-order chi connectivity index (χ1) is 19.4. The zero-order valence-corrected chi connectivity index (χ0v) is 25.3. The van der Waals surface area contributed by atoms with E-state index in [4.69, 9.17) is 14.5 Å². The number of allylic oxidation sites excluding steroid dienone is 1. The average Bonchev–Trinajstić information content (AvgIpc) is 3.27. The molecule has 0 amide bonds. The molecule has 0 radical (unpaired) electrons. The van der Waals surface area contributed by atoms with Crippen LogP contribution in [0.15, 0.2) is 70.1 Å². The Bertz CT molecular complexity index is 1540. The van der Waals surface area contributed by atoms with Gasteiger partial charge >= 0.3 is 11.9 Å². The van der Waals surface area contributed by atoms with E-state index in [0.29, 0.717) is 17.8 Å². The Labute approximate surface area is 242 Å². The Morgan fingerprint density at radius 3 is 2.44 bits per heavy atom. The van der Waals surface area contributed by atoms with Crippen LogP contribution in [0, 0.1) is 24.2 Å². The first-order valence-corrected chi connectivity index (χ1v) is 15.5. The van der Waals surface area contributed by atoms with E-state index >= 15 is 0 Å². The van der Waals surface area contributed by atoms with Gasteiger partial charge in [0.1, 0.15) is 0 Å². The molecule has 1 aliphatic carbocycles. The number of hydrogen-bond acceptors (Lipinski definition) is 7. The fraction of sp³-hybridized carbons (Fsp3) is 0.469. The largest absolute Gasteiger partial charge is 0.469 e. The van der Waals surface area contributed by atoms with Gasteiger partial charge in [-0.2, -0.15) is 4.31 Å². The van der Waals surface area contributed by atoms with Gasteiger partial charge in [0.25, 0.3) is 0 Å². The minimum Gasteiger partial charge on any atom is -0.469 e. The van der Waals surface area contributed by atoms with E-state index in [-0.39, 0.29) is 42.3 Å². The van der Waals surface area contributed by atoms with Crippen LogP contribution in [0.1, 0.15) is 51.7 Å². The van der Waals surface area contributed by atoms with Crippen molar-refractivity contribution >= 4 is 33.4 Å². The smallest absolute Gasteiger partial charge is 0.311 e. The monoisotopic (exact) mass is 578 g/mol. The van der Waals surface area contributed by atoms with Crippen LogP contribution in [0.4, 0.5) is 5.69 Å². The van der Waals surface area contributed by atoms with Crippen molar-refractivity contribution in [3.63, 3.8) is 0 Å². The lowest BCUT2D eigenvalue weighted by atomic mass is 9.53. The molecule has 2 heterocycles. The van der Waals surface area contributed by atoms with E-state index in [1.54, 1.807) is 45.0 Å². The Hall–Kier alpha value is -3.30. The number of fused-ring (bicyclic) bond motifs is 6. The summed E-state index contributed by atoms with van der Waals surface area (Å²) in [4.78, 5) is 31.7. The number of sulfonamides is 1. The van der Waals surface area contributed by atoms with Crippen LogP contribution >= 0.6 is 0 Å². The molecule has 0 aromatic heterocycles. The van der Waals surface area contributed by atoms with Crippen LogP contribution in [0.2, 0.25) is 0 Å². The fourth-order valence-electron chi connectivity index (χ4n) is 6.71. The second kappa shape index (κ2) is 10.5. The zero-order valence-electron chi connectivity index (χ0n) is 24.5. The molecule has 41 heavy (non-hydrogen) atoms. The number of benzene rings is 2. The number of carbonyl (C=O) groups is 2. The molecule has 5 rings (SSSR count). The summed E-state index contributed by atoms with van der Waals surface area (Å²) in [7, 11) is -2.53. The highest BCUT2D eigenvalue weighted by Crippen LogP contribution is 2.58. The number of nitrogens with zero attached hydrogens (tertiary/aromatic N) is 2. The van der Waals surface area contributed by atoms with Crippen molar-refractivity contribution < 1.29 is 27.5 Å². The number of carbonyl (C=O) groups excluding carboxylic acids is 2.